The number of carbonyl (C=O) groups excluding carboxylic acids is 1. The van der Waals surface area contributed by atoms with E-state index in [0.29, 0.717) is 24.9 Å². The quantitative estimate of drug-likeness (QED) is 0.360. The van der Waals surface area contributed by atoms with Crippen molar-refractivity contribution in [2.45, 2.75) is 97.8 Å². The first-order valence-corrected chi connectivity index (χ1v) is 11.8. The summed E-state index contributed by atoms with van der Waals surface area (Å²) in [5.74, 6) is -0.323. The predicted molar refractivity (Wildman–Crippen MR) is 112 cm³/mol. The van der Waals surface area contributed by atoms with Gasteiger partial charge in [0.05, 0.1) is 18.4 Å². The minimum absolute atomic E-state index is 0.0505. The van der Waals surface area contributed by atoms with Crippen molar-refractivity contribution in [2.24, 2.45) is 35.5 Å². The highest BCUT2D eigenvalue weighted by molar-refractivity contribution is 5.81. The number of esters is 1. The minimum Gasteiger partial charge on any atom is -0.481 e. The van der Waals surface area contributed by atoms with Gasteiger partial charge in [0.1, 0.15) is 0 Å². The number of rotatable bonds is 10. The molecule has 4 heteroatoms. The van der Waals surface area contributed by atoms with Crippen LogP contribution >= 0.6 is 0 Å². The van der Waals surface area contributed by atoms with Crippen molar-refractivity contribution in [1.82, 2.24) is 0 Å². The van der Waals surface area contributed by atoms with Gasteiger partial charge in [0, 0.05) is 0 Å². The zero-order valence-corrected chi connectivity index (χ0v) is 18.3. The fraction of sp³-hybridized carbons (Fsp3) is 0.917. The highest BCUT2D eigenvalue weighted by atomic mass is 16.5. The Morgan fingerprint density at radius 3 is 2.43 bits per heavy atom. The molecule has 4 nitrogen and oxygen atoms in total. The maximum Gasteiger partial charge on any atom is 0.309 e. The van der Waals surface area contributed by atoms with Gasteiger partial charge in [-0.25, -0.2) is 0 Å². The Labute approximate surface area is 171 Å². The number of hydrogen-bond donors (Lipinski definition) is 1. The summed E-state index contributed by atoms with van der Waals surface area (Å²) in [6.07, 6.45) is 14.1. The van der Waals surface area contributed by atoms with E-state index in [1.165, 1.54) is 51.4 Å². The summed E-state index contributed by atoms with van der Waals surface area (Å²) in [6.45, 7) is 6.95. The average Bonchev–Trinajstić information content (AvgIpc) is 2.67. The molecular formula is C24H42O4. The Kier molecular flexibility index (Phi) is 9.81. The highest BCUT2D eigenvalue weighted by Crippen LogP contribution is 2.38. The Hall–Kier alpha value is -1.06. The SMILES string of the molecule is CCCCCCCC1CCC(C)C(COC(=O)C2CCCC(C)C2C(=O)O)C1. The number of hydrogen-bond acceptors (Lipinski definition) is 3. The summed E-state index contributed by atoms with van der Waals surface area (Å²) in [5, 5.41) is 9.55. The average molecular weight is 395 g/mol. The van der Waals surface area contributed by atoms with Gasteiger partial charge in [0.15, 0.2) is 0 Å². The van der Waals surface area contributed by atoms with Gasteiger partial charge in [0.2, 0.25) is 0 Å². The van der Waals surface area contributed by atoms with Crippen molar-refractivity contribution < 1.29 is 19.4 Å². The fourth-order valence-electron chi connectivity index (χ4n) is 5.44. The van der Waals surface area contributed by atoms with E-state index in [1.54, 1.807) is 0 Å². The van der Waals surface area contributed by atoms with Crippen LogP contribution in [-0.2, 0) is 14.3 Å². The monoisotopic (exact) mass is 394 g/mol. The predicted octanol–water partition coefficient (Wildman–Crippen LogP) is 6.08. The topological polar surface area (TPSA) is 63.6 Å². The number of aliphatic carboxylic acids is 1. The molecule has 28 heavy (non-hydrogen) atoms. The lowest BCUT2D eigenvalue weighted by Gasteiger charge is -2.35. The molecule has 0 spiro atoms. The summed E-state index contributed by atoms with van der Waals surface area (Å²) in [6, 6.07) is 0. The van der Waals surface area contributed by atoms with Crippen LogP contribution in [0, 0.1) is 35.5 Å². The summed E-state index contributed by atoms with van der Waals surface area (Å²) in [7, 11) is 0. The van der Waals surface area contributed by atoms with Gasteiger partial charge in [-0.05, 0) is 42.9 Å². The van der Waals surface area contributed by atoms with Crippen LogP contribution in [0.5, 0.6) is 0 Å². The van der Waals surface area contributed by atoms with Gasteiger partial charge < -0.3 is 9.84 Å². The van der Waals surface area contributed by atoms with Crippen LogP contribution in [0.25, 0.3) is 0 Å². The van der Waals surface area contributed by atoms with E-state index in [9.17, 15) is 14.7 Å². The van der Waals surface area contributed by atoms with Crippen LogP contribution in [0.15, 0.2) is 0 Å². The van der Waals surface area contributed by atoms with E-state index >= 15 is 0 Å². The molecule has 1 N–H and O–H groups in total. The van der Waals surface area contributed by atoms with Crippen molar-refractivity contribution in [3.63, 3.8) is 0 Å². The maximum absolute atomic E-state index is 12.7. The molecule has 2 fully saturated rings. The van der Waals surface area contributed by atoms with E-state index in [0.717, 1.165) is 25.2 Å². The van der Waals surface area contributed by atoms with Gasteiger partial charge in [-0.3, -0.25) is 9.59 Å². The molecule has 0 aliphatic heterocycles. The molecule has 2 aliphatic carbocycles. The molecule has 0 amide bonds. The van der Waals surface area contributed by atoms with Crippen LogP contribution < -0.4 is 0 Å². The molecule has 0 heterocycles. The zero-order chi connectivity index (χ0) is 20.5. The third kappa shape index (κ3) is 6.77. The van der Waals surface area contributed by atoms with Crippen LogP contribution in [0.3, 0.4) is 0 Å². The zero-order valence-electron chi connectivity index (χ0n) is 18.3. The molecule has 0 saturated heterocycles. The van der Waals surface area contributed by atoms with E-state index in [4.69, 9.17) is 4.74 Å². The number of carboxylic acid groups (broad SMARTS) is 1. The van der Waals surface area contributed by atoms with Gasteiger partial charge in [-0.15, -0.1) is 0 Å². The van der Waals surface area contributed by atoms with Gasteiger partial charge in [-0.1, -0.05) is 78.6 Å². The van der Waals surface area contributed by atoms with E-state index in [-0.39, 0.29) is 11.9 Å². The second-order valence-electron chi connectivity index (χ2n) is 9.63. The van der Waals surface area contributed by atoms with Crippen molar-refractivity contribution >= 4 is 11.9 Å². The summed E-state index contributed by atoms with van der Waals surface area (Å²) < 4.78 is 5.72. The largest absolute Gasteiger partial charge is 0.481 e. The molecule has 6 atom stereocenters. The lowest BCUT2D eigenvalue weighted by Crippen LogP contribution is -2.39. The van der Waals surface area contributed by atoms with Crippen LogP contribution in [0.2, 0.25) is 0 Å². The van der Waals surface area contributed by atoms with Crippen molar-refractivity contribution in [3.05, 3.63) is 0 Å². The van der Waals surface area contributed by atoms with Crippen LogP contribution in [0.1, 0.15) is 97.8 Å². The molecule has 6 unspecified atom stereocenters. The Balaban J connectivity index is 1.79. The Bertz CT molecular complexity index is 489. The molecule has 2 aliphatic rings. The fourth-order valence-corrected chi connectivity index (χ4v) is 5.44. The van der Waals surface area contributed by atoms with E-state index < -0.39 is 17.8 Å². The maximum atomic E-state index is 12.7. The Morgan fingerprint density at radius 2 is 1.71 bits per heavy atom. The van der Waals surface area contributed by atoms with Crippen molar-refractivity contribution in [2.75, 3.05) is 6.61 Å². The molecule has 162 valence electrons. The molecule has 0 radical (unpaired) electrons. The lowest BCUT2D eigenvalue weighted by atomic mass is 9.72. The summed E-state index contributed by atoms with van der Waals surface area (Å²) in [5.41, 5.74) is 0. The number of carboxylic acids is 1. The second-order valence-corrected chi connectivity index (χ2v) is 9.63. The summed E-state index contributed by atoms with van der Waals surface area (Å²) in [4.78, 5) is 24.3. The molecule has 0 aromatic rings. The van der Waals surface area contributed by atoms with Crippen molar-refractivity contribution in [3.8, 4) is 0 Å². The third-order valence-corrected chi connectivity index (χ3v) is 7.44. The molecule has 2 rings (SSSR count). The van der Waals surface area contributed by atoms with E-state index in [1.807, 2.05) is 6.92 Å². The minimum atomic E-state index is -0.844. The first kappa shape index (κ1) is 23.2. The first-order chi connectivity index (χ1) is 13.4. The molecule has 0 aromatic carbocycles. The normalized spacial score (nSPS) is 33.4. The van der Waals surface area contributed by atoms with Gasteiger partial charge >= 0.3 is 11.9 Å². The summed E-state index contributed by atoms with van der Waals surface area (Å²) >= 11 is 0. The molecule has 0 aromatic heterocycles. The van der Waals surface area contributed by atoms with Gasteiger partial charge in [-0.2, -0.15) is 0 Å². The second kappa shape index (κ2) is 11.8. The smallest absolute Gasteiger partial charge is 0.309 e. The molecule has 2 saturated carbocycles. The number of carbonyl (C=O) groups is 2. The van der Waals surface area contributed by atoms with Crippen LogP contribution in [0.4, 0.5) is 0 Å². The highest BCUT2D eigenvalue weighted by Gasteiger charge is 2.41. The molecular weight excluding hydrogens is 352 g/mol. The van der Waals surface area contributed by atoms with Gasteiger partial charge in [0.25, 0.3) is 0 Å². The third-order valence-electron chi connectivity index (χ3n) is 7.44. The Morgan fingerprint density at radius 1 is 0.964 bits per heavy atom. The lowest BCUT2D eigenvalue weighted by molar-refractivity contribution is -0.163. The number of ether oxygens (including phenoxy) is 1. The van der Waals surface area contributed by atoms with Crippen LogP contribution in [-0.4, -0.2) is 23.7 Å². The van der Waals surface area contributed by atoms with Crippen molar-refractivity contribution in [1.29, 1.82) is 0 Å². The standard InChI is InChI=1S/C24H42O4/c1-4-5-6-7-8-11-19-14-13-17(2)20(15-19)16-28-24(27)21-12-9-10-18(3)22(21)23(25)26/h17-22H,4-16H2,1-3H3,(H,25,26). The molecule has 0 bridgehead atoms. The van der Waals surface area contributed by atoms with E-state index in [2.05, 4.69) is 13.8 Å². The first-order valence-electron chi connectivity index (χ1n) is 11.8. The number of unbranched alkanes of at least 4 members (excludes halogenated alkanes) is 4.